The van der Waals surface area contributed by atoms with Gasteiger partial charge in [0.15, 0.2) is 17.2 Å². The Labute approximate surface area is 195 Å². The maximum atomic E-state index is 13.7. The Morgan fingerprint density at radius 2 is 1.85 bits per heavy atom. The van der Waals surface area contributed by atoms with Gasteiger partial charge < -0.3 is 13.9 Å². The number of amides is 1. The van der Waals surface area contributed by atoms with Crippen molar-refractivity contribution in [3.8, 4) is 11.5 Å². The summed E-state index contributed by atoms with van der Waals surface area (Å²) < 4.78 is 56.4. The zero-order chi connectivity index (χ0) is 24.5. The molecule has 4 rings (SSSR count). The Balaban J connectivity index is 1.67. The monoisotopic (exact) mass is 490 g/mol. The normalized spacial score (nSPS) is 15.0. The van der Waals surface area contributed by atoms with Gasteiger partial charge in [-0.3, -0.25) is 4.79 Å². The molecule has 0 atom stereocenters. The number of benzene rings is 2. The molecule has 1 aliphatic rings. The summed E-state index contributed by atoms with van der Waals surface area (Å²) in [6, 6.07) is 12.6. The number of methoxy groups -OCH3 is 1. The Morgan fingerprint density at radius 3 is 2.47 bits per heavy atom. The van der Waals surface area contributed by atoms with Crippen LogP contribution in [-0.4, -0.2) is 30.9 Å². The highest BCUT2D eigenvalue weighted by atomic mass is 35.5. The summed E-state index contributed by atoms with van der Waals surface area (Å²) in [5.41, 5.74) is -1.70. The van der Waals surface area contributed by atoms with Crippen molar-refractivity contribution in [2.24, 2.45) is 5.10 Å². The van der Waals surface area contributed by atoms with Gasteiger partial charge in [-0.25, -0.2) is 4.79 Å². The fourth-order valence-corrected chi connectivity index (χ4v) is 3.21. The highest BCUT2D eigenvalue weighted by Gasteiger charge is 2.46. The fourth-order valence-electron chi connectivity index (χ4n) is 3.08. The predicted molar refractivity (Wildman–Crippen MR) is 117 cm³/mol. The molecule has 0 spiro atoms. The number of carbonyl (C=O) groups excluding carboxylic acids is 2. The van der Waals surface area contributed by atoms with Gasteiger partial charge in [-0.1, -0.05) is 17.7 Å². The van der Waals surface area contributed by atoms with Gasteiger partial charge in [-0.2, -0.15) is 23.3 Å². The van der Waals surface area contributed by atoms with E-state index in [4.69, 9.17) is 25.5 Å². The molecule has 3 aromatic rings. The maximum Gasteiger partial charge on any atom is 0.435 e. The molecule has 0 bridgehead atoms. The molecule has 174 valence electrons. The van der Waals surface area contributed by atoms with Crippen molar-refractivity contribution in [3.05, 3.63) is 82.8 Å². The van der Waals surface area contributed by atoms with Crippen molar-refractivity contribution in [2.45, 2.75) is 6.18 Å². The van der Waals surface area contributed by atoms with E-state index in [-0.39, 0.29) is 28.5 Å². The summed E-state index contributed by atoms with van der Waals surface area (Å²) in [7, 11) is 1.29. The Morgan fingerprint density at radius 1 is 1.12 bits per heavy atom. The lowest BCUT2D eigenvalue weighted by Gasteiger charge is -2.11. The largest absolute Gasteiger partial charge is 0.493 e. The molecule has 0 fully saturated rings. The quantitative estimate of drug-likeness (QED) is 0.268. The lowest BCUT2D eigenvalue weighted by atomic mass is 10.1. The van der Waals surface area contributed by atoms with E-state index < -0.39 is 29.3 Å². The van der Waals surface area contributed by atoms with Gasteiger partial charge in [0.25, 0.3) is 5.91 Å². The zero-order valence-electron chi connectivity index (χ0n) is 17.3. The minimum atomic E-state index is -4.88. The van der Waals surface area contributed by atoms with E-state index in [1.54, 1.807) is 0 Å². The van der Waals surface area contributed by atoms with E-state index in [1.807, 2.05) is 0 Å². The molecule has 1 aromatic heterocycles. The van der Waals surface area contributed by atoms with Crippen LogP contribution in [-0.2, 0) is 4.79 Å². The molecule has 2 heterocycles. The number of rotatable bonds is 5. The molecule has 34 heavy (non-hydrogen) atoms. The highest BCUT2D eigenvalue weighted by Crippen LogP contribution is 2.35. The number of ether oxygens (including phenoxy) is 2. The average molecular weight is 491 g/mol. The number of hydrazone groups is 1. The number of esters is 1. The van der Waals surface area contributed by atoms with Gasteiger partial charge in [0.2, 0.25) is 5.76 Å². The zero-order valence-corrected chi connectivity index (χ0v) is 18.1. The van der Waals surface area contributed by atoms with E-state index in [1.165, 1.54) is 68.0 Å². The Kier molecular flexibility index (Phi) is 6.16. The summed E-state index contributed by atoms with van der Waals surface area (Å²) >= 11 is 5.81. The highest BCUT2D eigenvalue weighted by molar-refractivity contribution is 6.34. The molecule has 2 aromatic carbocycles. The summed E-state index contributed by atoms with van der Waals surface area (Å²) in [6.07, 6.45) is -2.55. The number of anilines is 1. The van der Waals surface area contributed by atoms with E-state index in [9.17, 15) is 22.8 Å². The first-order chi connectivity index (χ1) is 16.2. The summed E-state index contributed by atoms with van der Waals surface area (Å²) in [4.78, 5) is 25.0. The van der Waals surface area contributed by atoms with Gasteiger partial charge in [-0.05, 0) is 60.2 Å². The molecule has 1 amide bonds. The summed E-state index contributed by atoms with van der Waals surface area (Å²) in [5, 5.41) is 4.51. The molecular weight excluding hydrogens is 477 g/mol. The van der Waals surface area contributed by atoms with Crippen LogP contribution in [0.1, 0.15) is 16.1 Å². The number of halogens is 4. The molecule has 0 N–H and O–H groups in total. The van der Waals surface area contributed by atoms with Crippen molar-refractivity contribution in [3.63, 3.8) is 0 Å². The van der Waals surface area contributed by atoms with Crippen molar-refractivity contribution in [1.82, 2.24) is 0 Å². The van der Waals surface area contributed by atoms with Gasteiger partial charge in [0, 0.05) is 5.02 Å². The number of hydrogen-bond donors (Lipinski definition) is 0. The van der Waals surface area contributed by atoms with Gasteiger partial charge in [-0.15, -0.1) is 0 Å². The minimum absolute atomic E-state index is 0.0105. The third-order valence-electron chi connectivity index (χ3n) is 4.64. The first kappa shape index (κ1) is 23.1. The number of alkyl halides is 3. The fraction of sp³-hybridized carbons (Fsp3) is 0.0870. The molecule has 7 nitrogen and oxygen atoms in total. The second-order valence-corrected chi connectivity index (χ2v) is 7.31. The third-order valence-corrected chi connectivity index (χ3v) is 4.89. The van der Waals surface area contributed by atoms with E-state index in [0.29, 0.717) is 10.0 Å². The topological polar surface area (TPSA) is 81.3 Å². The molecule has 0 aliphatic carbocycles. The molecule has 1 aliphatic heterocycles. The second-order valence-electron chi connectivity index (χ2n) is 6.87. The number of carbonyl (C=O) groups is 2. The van der Waals surface area contributed by atoms with Gasteiger partial charge in [0.05, 0.1) is 24.6 Å². The van der Waals surface area contributed by atoms with Crippen LogP contribution < -0.4 is 14.5 Å². The van der Waals surface area contributed by atoms with Crippen LogP contribution in [0, 0.1) is 0 Å². The molecule has 0 saturated carbocycles. The van der Waals surface area contributed by atoms with Gasteiger partial charge in [0.1, 0.15) is 0 Å². The van der Waals surface area contributed by atoms with Crippen molar-refractivity contribution in [1.29, 1.82) is 0 Å². The molecule has 11 heteroatoms. The second kappa shape index (κ2) is 9.06. The summed E-state index contributed by atoms with van der Waals surface area (Å²) in [6.45, 7) is 0. The van der Waals surface area contributed by atoms with Crippen LogP contribution in [0.25, 0.3) is 6.08 Å². The van der Waals surface area contributed by atoms with Crippen LogP contribution in [0.2, 0.25) is 5.02 Å². The molecule has 0 saturated heterocycles. The van der Waals surface area contributed by atoms with Crippen LogP contribution in [0.4, 0.5) is 18.9 Å². The number of nitrogens with zero attached hydrogens (tertiary/aromatic N) is 2. The van der Waals surface area contributed by atoms with E-state index >= 15 is 0 Å². The standard InChI is InChI=1S/C23H14ClF3N2O5/c1-32-19-12-13(4-9-17(19)34-22(31)18-3-2-10-33-18)11-16-20(23(25,26)27)28-29(21(16)30)15-7-5-14(24)6-8-15/h2-12H,1H3/b16-11+. The van der Waals surface area contributed by atoms with Crippen LogP contribution in [0.5, 0.6) is 11.5 Å². The van der Waals surface area contributed by atoms with Crippen molar-refractivity contribution in [2.75, 3.05) is 12.1 Å². The van der Waals surface area contributed by atoms with Crippen LogP contribution in [0.15, 0.2) is 76.0 Å². The Hall–Kier alpha value is -4.05. The summed E-state index contributed by atoms with van der Waals surface area (Å²) in [5.74, 6) is -1.73. The first-order valence-corrected chi connectivity index (χ1v) is 9.97. The van der Waals surface area contributed by atoms with Gasteiger partial charge >= 0.3 is 12.1 Å². The van der Waals surface area contributed by atoms with E-state index in [2.05, 4.69) is 5.10 Å². The predicted octanol–water partition coefficient (Wildman–Crippen LogP) is 5.51. The number of furan rings is 1. The van der Waals surface area contributed by atoms with Crippen molar-refractivity contribution < 1.29 is 36.7 Å². The Bertz CT molecular complexity index is 1300. The van der Waals surface area contributed by atoms with Crippen molar-refractivity contribution >= 4 is 41.0 Å². The smallest absolute Gasteiger partial charge is 0.435 e. The molecular formula is C23H14ClF3N2O5. The maximum absolute atomic E-state index is 13.7. The van der Waals surface area contributed by atoms with E-state index in [0.717, 1.165) is 6.08 Å². The average Bonchev–Trinajstić information content (AvgIpc) is 3.44. The molecule has 0 radical (unpaired) electrons. The first-order valence-electron chi connectivity index (χ1n) is 9.59. The third kappa shape index (κ3) is 4.67. The van der Waals surface area contributed by atoms with Crippen LogP contribution in [0.3, 0.4) is 0 Å². The lowest BCUT2D eigenvalue weighted by molar-refractivity contribution is -0.114. The minimum Gasteiger partial charge on any atom is -0.493 e. The SMILES string of the molecule is COc1cc(/C=C2/C(=O)N(c3ccc(Cl)cc3)N=C2C(F)(F)F)ccc1OC(=O)c1ccco1. The van der Waals surface area contributed by atoms with Crippen LogP contribution >= 0.6 is 11.6 Å². The molecule has 0 unspecified atom stereocenters. The number of hydrogen-bond acceptors (Lipinski definition) is 6. The lowest BCUT2D eigenvalue weighted by Crippen LogP contribution is -2.25.